The molecule has 0 bridgehead atoms. The predicted octanol–water partition coefficient (Wildman–Crippen LogP) is 3.86. The van der Waals surface area contributed by atoms with Crippen LogP contribution in [0.2, 0.25) is 0 Å². The van der Waals surface area contributed by atoms with Gasteiger partial charge in [0.15, 0.2) is 0 Å². The van der Waals surface area contributed by atoms with Crippen LogP contribution in [0.5, 0.6) is 0 Å². The van der Waals surface area contributed by atoms with E-state index in [-0.39, 0.29) is 5.41 Å². The standard InChI is InChI=1S/C13H28O/c1-8-13(14,12(5,6)7)11(4)9-10(2)3/h10-11,14H,8-9H2,1-7H3. The Morgan fingerprint density at radius 3 is 1.71 bits per heavy atom. The maximum Gasteiger partial charge on any atom is 0.0718 e. The molecule has 1 nitrogen and oxygen atoms in total. The molecule has 1 N–H and O–H groups in total. The van der Waals surface area contributed by atoms with Crippen molar-refractivity contribution < 1.29 is 5.11 Å². The van der Waals surface area contributed by atoms with Crippen molar-refractivity contribution in [3.05, 3.63) is 0 Å². The molecule has 0 aliphatic rings. The smallest absolute Gasteiger partial charge is 0.0718 e. The summed E-state index contributed by atoms with van der Waals surface area (Å²) in [7, 11) is 0. The van der Waals surface area contributed by atoms with Crippen molar-refractivity contribution in [2.75, 3.05) is 0 Å². The summed E-state index contributed by atoms with van der Waals surface area (Å²) in [5.41, 5.74) is -0.562. The Hall–Kier alpha value is -0.0400. The van der Waals surface area contributed by atoms with Crippen LogP contribution in [0.25, 0.3) is 0 Å². The zero-order valence-corrected chi connectivity index (χ0v) is 11.0. The van der Waals surface area contributed by atoms with E-state index in [1.54, 1.807) is 0 Å². The second kappa shape index (κ2) is 4.65. The molecule has 0 heterocycles. The molecule has 2 unspecified atom stereocenters. The van der Waals surface area contributed by atoms with E-state index in [0.29, 0.717) is 11.8 Å². The lowest BCUT2D eigenvalue weighted by Crippen LogP contribution is -2.48. The summed E-state index contributed by atoms with van der Waals surface area (Å²) in [5.74, 6) is 1.03. The van der Waals surface area contributed by atoms with Crippen molar-refractivity contribution in [3.8, 4) is 0 Å². The third-order valence-electron chi connectivity index (χ3n) is 3.48. The summed E-state index contributed by atoms with van der Waals surface area (Å²) >= 11 is 0. The minimum atomic E-state index is -0.530. The summed E-state index contributed by atoms with van der Waals surface area (Å²) in [4.78, 5) is 0. The van der Waals surface area contributed by atoms with Crippen LogP contribution in [0.3, 0.4) is 0 Å². The lowest BCUT2D eigenvalue weighted by Gasteiger charge is -2.45. The van der Waals surface area contributed by atoms with Crippen LogP contribution in [0, 0.1) is 17.3 Å². The van der Waals surface area contributed by atoms with E-state index in [1.807, 2.05) is 0 Å². The molecule has 0 amide bonds. The van der Waals surface area contributed by atoms with Crippen LogP contribution in [0.15, 0.2) is 0 Å². The van der Waals surface area contributed by atoms with E-state index in [4.69, 9.17) is 0 Å². The van der Waals surface area contributed by atoms with Gasteiger partial charge in [0, 0.05) is 0 Å². The Kier molecular flexibility index (Phi) is 4.64. The molecule has 0 aliphatic carbocycles. The Balaban J connectivity index is 4.68. The normalized spacial score (nSPS) is 19.5. The van der Waals surface area contributed by atoms with Gasteiger partial charge in [0.05, 0.1) is 5.60 Å². The Bertz CT molecular complexity index is 167. The third kappa shape index (κ3) is 2.98. The SMILES string of the molecule is CCC(O)(C(C)CC(C)C)C(C)(C)C. The van der Waals surface area contributed by atoms with E-state index >= 15 is 0 Å². The van der Waals surface area contributed by atoms with Gasteiger partial charge in [-0.2, -0.15) is 0 Å². The van der Waals surface area contributed by atoms with Crippen molar-refractivity contribution >= 4 is 0 Å². The highest BCUT2D eigenvalue weighted by atomic mass is 16.3. The first kappa shape index (κ1) is 14.0. The number of hydrogen-bond acceptors (Lipinski definition) is 1. The topological polar surface area (TPSA) is 20.2 Å². The van der Waals surface area contributed by atoms with Crippen LogP contribution < -0.4 is 0 Å². The first-order valence-electron chi connectivity index (χ1n) is 5.87. The van der Waals surface area contributed by atoms with Crippen LogP contribution in [0.1, 0.15) is 61.3 Å². The monoisotopic (exact) mass is 200 g/mol. The van der Waals surface area contributed by atoms with Crippen molar-refractivity contribution in [3.63, 3.8) is 0 Å². The van der Waals surface area contributed by atoms with Crippen LogP contribution in [-0.2, 0) is 0 Å². The van der Waals surface area contributed by atoms with E-state index in [2.05, 4.69) is 48.5 Å². The third-order valence-corrected chi connectivity index (χ3v) is 3.48. The molecular weight excluding hydrogens is 172 g/mol. The Morgan fingerprint density at radius 1 is 1.07 bits per heavy atom. The molecule has 0 saturated carbocycles. The molecule has 0 radical (unpaired) electrons. The lowest BCUT2D eigenvalue weighted by atomic mass is 9.66. The summed E-state index contributed by atoms with van der Waals surface area (Å²) in [6.45, 7) is 15.1. The lowest BCUT2D eigenvalue weighted by molar-refractivity contribution is -0.107. The maximum absolute atomic E-state index is 10.7. The van der Waals surface area contributed by atoms with Gasteiger partial charge in [-0.3, -0.25) is 0 Å². The van der Waals surface area contributed by atoms with E-state index in [1.165, 1.54) is 0 Å². The van der Waals surface area contributed by atoms with Gasteiger partial charge in [-0.15, -0.1) is 0 Å². The second-order valence-corrected chi connectivity index (χ2v) is 6.06. The molecule has 0 aromatic heterocycles. The maximum atomic E-state index is 10.7. The average Bonchev–Trinajstić information content (AvgIpc) is 1.99. The fourth-order valence-corrected chi connectivity index (χ4v) is 2.52. The molecule has 1 heteroatoms. The van der Waals surface area contributed by atoms with Gasteiger partial charge < -0.3 is 5.11 Å². The molecule has 0 aliphatic heterocycles. The van der Waals surface area contributed by atoms with E-state index < -0.39 is 5.60 Å². The quantitative estimate of drug-likeness (QED) is 0.730. The van der Waals surface area contributed by atoms with Gasteiger partial charge in [0.25, 0.3) is 0 Å². The van der Waals surface area contributed by atoms with E-state index in [0.717, 1.165) is 12.8 Å². The molecule has 14 heavy (non-hydrogen) atoms. The molecule has 86 valence electrons. The van der Waals surface area contributed by atoms with Crippen molar-refractivity contribution in [2.45, 2.75) is 66.9 Å². The second-order valence-electron chi connectivity index (χ2n) is 6.06. The van der Waals surface area contributed by atoms with Crippen molar-refractivity contribution in [1.82, 2.24) is 0 Å². The first-order chi connectivity index (χ1) is 6.15. The molecule has 0 rings (SSSR count). The van der Waals surface area contributed by atoms with Crippen molar-refractivity contribution in [1.29, 1.82) is 0 Å². The highest BCUT2D eigenvalue weighted by Gasteiger charge is 2.42. The average molecular weight is 200 g/mol. The minimum absolute atomic E-state index is 0.0317. The van der Waals surface area contributed by atoms with Crippen molar-refractivity contribution in [2.24, 2.45) is 17.3 Å². The Labute approximate surface area is 89.9 Å². The highest BCUT2D eigenvalue weighted by Crippen LogP contribution is 2.41. The molecule has 0 fully saturated rings. The Morgan fingerprint density at radius 2 is 1.50 bits per heavy atom. The summed E-state index contributed by atoms with van der Waals surface area (Å²) in [6, 6.07) is 0. The summed E-state index contributed by atoms with van der Waals surface area (Å²) in [5, 5.41) is 10.7. The van der Waals surface area contributed by atoms with E-state index in [9.17, 15) is 5.11 Å². The number of hydrogen-bond donors (Lipinski definition) is 1. The molecule has 2 atom stereocenters. The molecule has 0 aromatic carbocycles. The number of aliphatic hydroxyl groups is 1. The van der Waals surface area contributed by atoms with Crippen LogP contribution >= 0.6 is 0 Å². The fourth-order valence-electron chi connectivity index (χ4n) is 2.52. The van der Waals surface area contributed by atoms with Crippen LogP contribution in [0.4, 0.5) is 0 Å². The number of rotatable bonds is 4. The van der Waals surface area contributed by atoms with Gasteiger partial charge in [0.1, 0.15) is 0 Å². The van der Waals surface area contributed by atoms with Gasteiger partial charge in [-0.25, -0.2) is 0 Å². The summed E-state index contributed by atoms with van der Waals surface area (Å²) < 4.78 is 0. The highest BCUT2D eigenvalue weighted by molar-refractivity contribution is 4.93. The molecule has 0 spiro atoms. The molecule has 0 saturated heterocycles. The zero-order valence-electron chi connectivity index (χ0n) is 11.0. The first-order valence-corrected chi connectivity index (χ1v) is 5.87. The zero-order chi connectivity index (χ0) is 11.6. The van der Waals surface area contributed by atoms with Gasteiger partial charge in [-0.05, 0) is 30.1 Å². The van der Waals surface area contributed by atoms with Gasteiger partial charge >= 0.3 is 0 Å². The van der Waals surface area contributed by atoms with Crippen LogP contribution in [-0.4, -0.2) is 10.7 Å². The van der Waals surface area contributed by atoms with Gasteiger partial charge in [-0.1, -0.05) is 48.5 Å². The largest absolute Gasteiger partial charge is 0.389 e. The predicted molar refractivity (Wildman–Crippen MR) is 63.3 cm³/mol. The van der Waals surface area contributed by atoms with Gasteiger partial charge in [0.2, 0.25) is 0 Å². The fraction of sp³-hybridized carbons (Fsp3) is 1.00. The summed E-state index contributed by atoms with van der Waals surface area (Å²) in [6.07, 6.45) is 1.94. The minimum Gasteiger partial charge on any atom is -0.389 e. The molecular formula is C13H28O. The molecule has 0 aromatic rings.